The van der Waals surface area contributed by atoms with Gasteiger partial charge in [0.05, 0.1) is 35.9 Å². The molecule has 0 saturated carbocycles. The topological polar surface area (TPSA) is 318 Å². The highest BCUT2D eigenvalue weighted by molar-refractivity contribution is 5.41. The molecule has 0 atom stereocenters. The van der Waals surface area contributed by atoms with Crippen LogP contribution >= 0.6 is 0 Å². The molecule has 0 amide bonds. The van der Waals surface area contributed by atoms with E-state index >= 15 is 0 Å². The SMILES string of the molecule is Cc1nc2c([nH]1)CCC2.Cc1nc2c([nH]1)CCCC2.Cc1nc2c([nH]1)CCCCC2.Cc1nc2c([nH]1)CCCCC2.Cc1nc2n(n1)CCC=C2.Cc1nc2n(n1)CCCC2.Cc1nc2n(n1)CCCC2.Cc1nc2n(n1)CCOC2.Cc1ncc2n1CCC2.Cc1ncc2n1CCCC2.Cc1ncc2n1CCCCC2.Cc1ncc2n1CCCCCC2. The third kappa shape index (κ3) is 26.7. The lowest BCUT2D eigenvalue weighted by atomic mass is 10.0. The standard InChI is InChI=1S/C10H16N2.3C9H14N2.2C8H12N2.2C7H11N3.C7H9N3.2C7H10N2.C6H9N3O/c1-9-11-8-10-6-4-2-3-5-7-12(9)10;1-8-10-7-9-5-3-2-4-6-11(8)9;2*1-7-10-8-5-3-2-4-6-9(8)11-7;1-7-9-6-8-4-2-3-5-10(7)8;1-6-9-7-4-2-3-5-8(7)10-6;3*1-6-8-7-4-2-3-5-10(7)9-6;1-6-8-5-7-3-2-4-9(6)7;1-5-8-6-3-2-4-7(6)9-5;1-5-7-6-4-10-3-2-9(6)8-5/h8H,2-7H2,1H3;7H,2-6H2,1H3;2*2-6H2,1H3,(H,10,11);6H,2-5H2,1H3;2-5H2,1H3,(H,9,10);2*2-5H2,1H3;2,4H,3,5H2,1H3;5H,2-4H2,1H3;2-4H2,1H3,(H,8,9);2-4H2,1H3. The van der Waals surface area contributed by atoms with E-state index in [1.54, 1.807) is 0 Å². The van der Waals surface area contributed by atoms with Gasteiger partial charge in [-0.15, -0.1) is 0 Å². The van der Waals surface area contributed by atoms with Crippen molar-refractivity contribution in [3.05, 3.63) is 192 Å². The summed E-state index contributed by atoms with van der Waals surface area (Å²) in [5.41, 5.74) is 16.5. The molecule has 664 valence electrons. The van der Waals surface area contributed by atoms with E-state index in [0.29, 0.717) is 6.61 Å². The number of aryl methyl sites for hydroxylation is 29. The molecule has 29 heteroatoms. The maximum absolute atomic E-state index is 5.19. The zero-order valence-electron chi connectivity index (χ0n) is 76.5. The molecular formula is C94H142N28O. The molecular weight excluding hydrogens is 1540 g/mol. The number of H-pyrrole nitrogens is 4. The van der Waals surface area contributed by atoms with E-state index in [1.165, 1.54) is 354 Å². The summed E-state index contributed by atoms with van der Waals surface area (Å²) in [6.07, 6.45) is 60.4. The van der Waals surface area contributed by atoms with Gasteiger partial charge in [-0.1, -0.05) is 38.2 Å². The Hall–Kier alpha value is -10.1. The maximum atomic E-state index is 5.19. The van der Waals surface area contributed by atoms with Crippen molar-refractivity contribution in [1.29, 1.82) is 0 Å². The molecule has 24 rings (SSSR count). The first-order valence-electron chi connectivity index (χ1n) is 47.0. The van der Waals surface area contributed by atoms with Gasteiger partial charge in [0.1, 0.15) is 88.1 Å². The van der Waals surface area contributed by atoms with Crippen LogP contribution in [0.1, 0.15) is 316 Å². The molecule has 0 bridgehead atoms. The van der Waals surface area contributed by atoms with Crippen molar-refractivity contribution in [2.75, 3.05) is 6.61 Å². The summed E-state index contributed by atoms with van der Waals surface area (Å²) < 4.78 is 22.4. The molecule has 0 radical (unpaired) electrons. The van der Waals surface area contributed by atoms with Crippen LogP contribution in [-0.2, 0) is 154 Å². The summed E-state index contributed by atoms with van der Waals surface area (Å²) >= 11 is 0. The van der Waals surface area contributed by atoms with E-state index in [1.807, 2.05) is 105 Å². The Morgan fingerprint density at radius 1 is 0.268 bits per heavy atom. The first kappa shape index (κ1) is 90.7. The molecule has 20 heterocycles. The van der Waals surface area contributed by atoms with Crippen LogP contribution in [0.25, 0.3) is 6.08 Å². The van der Waals surface area contributed by atoms with Gasteiger partial charge in [-0.2, -0.15) is 20.4 Å². The summed E-state index contributed by atoms with van der Waals surface area (Å²) in [5.74, 6) is 16.8. The first-order chi connectivity index (χ1) is 59.9. The molecule has 0 spiro atoms. The molecule has 0 saturated heterocycles. The minimum Gasteiger partial charge on any atom is -0.372 e. The van der Waals surface area contributed by atoms with Crippen LogP contribution < -0.4 is 0 Å². The third-order valence-electron chi connectivity index (χ3n) is 24.7. The highest BCUT2D eigenvalue weighted by atomic mass is 16.5. The lowest BCUT2D eigenvalue weighted by Crippen LogP contribution is -2.17. The third-order valence-corrected chi connectivity index (χ3v) is 24.7. The number of hydrogen-bond donors (Lipinski definition) is 4. The highest BCUT2D eigenvalue weighted by Gasteiger charge is 2.20. The van der Waals surface area contributed by atoms with E-state index in [4.69, 9.17) is 4.74 Å². The van der Waals surface area contributed by atoms with Crippen molar-refractivity contribution in [2.24, 2.45) is 0 Å². The van der Waals surface area contributed by atoms with Crippen LogP contribution in [0.2, 0.25) is 0 Å². The van der Waals surface area contributed by atoms with Crippen molar-refractivity contribution in [1.82, 2.24) is 137 Å². The molecule has 0 aromatic carbocycles. The van der Waals surface area contributed by atoms with Crippen molar-refractivity contribution in [3.63, 3.8) is 0 Å². The van der Waals surface area contributed by atoms with Crippen LogP contribution in [0.4, 0.5) is 0 Å². The van der Waals surface area contributed by atoms with Gasteiger partial charge >= 0.3 is 0 Å². The molecule has 0 unspecified atom stereocenters. The normalized spacial score (nSPS) is 16.9. The Labute approximate surface area is 729 Å². The second-order valence-corrected chi connectivity index (χ2v) is 34.8. The zero-order valence-corrected chi connectivity index (χ0v) is 76.5. The number of nitrogens with zero attached hydrogens (tertiary/aromatic N) is 24. The number of allylic oxidation sites excluding steroid dienone is 1. The van der Waals surface area contributed by atoms with Crippen molar-refractivity contribution in [3.8, 4) is 0 Å². The van der Waals surface area contributed by atoms with Gasteiger partial charge in [0.25, 0.3) is 0 Å². The number of aromatic nitrogens is 28. The second-order valence-electron chi connectivity index (χ2n) is 34.8. The number of rotatable bonds is 0. The van der Waals surface area contributed by atoms with Crippen molar-refractivity contribution >= 4 is 6.08 Å². The Morgan fingerprint density at radius 3 is 1.02 bits per heavy atom. The van der Waals surface area contributed by atoms with Gasteiger partial charge in [0.2, 0.25) is 0 Å². The minimum absolute atomic E-state index is 0.612. The Kier molecular flexibility index (Phi) is 34.0. The van der Waals surface area contributed by atoms with Crippen molar-refractivity contribution < 1.29 is 4.74 Å². The summed E-state index contributed by atoms with van der Waals surface area (Å²) in [6, 6.07) is 0. The van der Waals surface area contributed by atoms with Gasteiger partial charge in [-0.25, -0.2) is 78.5 Å². The average Bonchev–Trinajstić information content (AvgIpc) is 1.69. The van der Waals surface area contributed by atoms with E-state index in [2.05, 4.69) is 152 Å². The maximum Gasteiger partial charge on any atom is 0.153 e. The Bertz CT molecular complexity index is 4790. The Balaban J connectivity index is 0.000000116. The largest absolute Gasteiger partial charge is 0.372 e. The molecule has 12 aliphatic rings. The fraction of sp³-hybridized carbons (Fsp3) is 0.638. The van der Waals surface area contributed by atoms with E-state index in [-0.39, 0.29) is 0 Å². The van der Waals surface area contributed by atoms with Crippen molar-refractivity contribution in [2.45, 2.75) is 386 Å². The number of imidazole rings is 8. The predicted molar refractivity (Wildman–Crippen MR) is 482 cm³/mol. The van der Waals surface area contributed by atoms with Gasteiger partial charge in [0, 0.05) is 129 Å². The number of ether oxygens (including phenoxy) is 1. The first-order valence-corrected chi connectivity index (χ1v) is 47.0. The average molecular weight is 1680 g/mol. The van der Waals surface area contributed by atoms with E-state index in [9.17, 15) is 0 Å². The van der Waals surface area contributed by atoms with Gasteiger partial charge in [-0.05, 0) is 288 Å². The number of hydrogen-bond acceptors (Lipinski definition) is 17. The summed E-state index contributed by atoms with van der Waals surface area (Å²) in [6.45, 7) is 34.2. The van der Waals surface area contributed by atoms with Crippen LogP contribution in [0.15, 0.2) is 30.9 Å². The lowest BCUT2D eigenvalue weighted by molar-refractivity contribution is 0.0769. The lowest BCUT2D eigenvalue weighted by Gasteiger charge is -2.14. The Morgan fingerprint density at radius 2 is 0.577 bits per heavy atom. The van der Waals surface area contributed by atoms with Crippen LogP contribution in [0.3, 0.4) is 0 Å². The summed E-state index contributed by atoms with van der Waals surface area (Å²) in [4.78, 5) is 64.9. The monoisotopic (exact) mass is 1680 g/mol. The summed E-state index contributed by atoms with van der Waals surface area (Å²) in [7, 11) is 0. The van der Waals surface area contributed by atoms with E-state index < -0.39 is 0 Å². The molecule has 123 heavy (non-hydrogen) atoms. The second kappa shape index (κ2) is 46.1. The molecule has 12 aromatic rings. The van der Waals surface area contributed by atoms with Gasteiger partial charge in [-0.3, -0.25) is 0 Å². The van der Waals surface area contributed by atoms with Crippen LogP contribution in [-0.4, -0.2) is 144 Å². The fourth-order valence-corrected chi connectivity index (χ4v) is 18.4. The number of nitrogens with one attached hydrogen (secondary N) is 4. The van der Waals surface area contributed by atoms with Crippen LogP contribution in [0, 0.1) is 83.1 Å². The number of aromatic amines is 4. The fourth-order valence-electron chi connectivity index (χ4n) is 18.4. The number of fused-ring (bicyclic) bond motifs is 12. The molecule has 8 aliphatic heterocycles. The zero-order chi connectivity index (χ0) is 85.8. The van der Waals surface area contributed by atoms with Crippen LogP contribution in [0.5, 0.6) is 0 Å². The molecule has 0 fully saturated rings. The molecule has 4 aliphatic carbocycles. The quantitative estimate of drug-likeness (QED) is 0.103. The predicted octanol–water partition coefficient (Wildman–Crippen LogP) is 16.6. The van der Waals surface area contributed by atoms with Gasteiger partial charge in [0.15, 0.2) is 11.6 Å². The molecule has 12 aromatic heterocycles. The smallest absolute Gasteiger partial charge is 0.153 e. The molecule has 29 nitrogen and oxygen atoms in total. The van der Waals surface area contributed by atoms with Gasteiger partial charge < -0.3 is 42.9 Å². The highest BCUT2D eigenvalue weighted by Crippen LogP contribution is 2.25. The summed E-state index contributed by atoms with van der Waals surface area (Å²) in [5, 5.41) is 16.9. The van der Waals surface area contributed by atoms with E-state index in [0.717, 1.165) is 110 Å². The molecule has 4 N–H and O–H groups in total. The minimum atomic E-state index is 0.612.